The Balaban J connectivity index is 2.70. The van der Waals surface area contributed by atoms with Crippen LogP contribution in [0, 0.1) is 15.9 Å². The minimum atomic E-state index is -4.14. The molecule has 0 fully saturated rings. The Morgan fingerprint density at radius 3 is 2.67 bits per heavy atom. The van der Waals surface area contributed by atoms with Crippen LogP contribution in [0.4, 0.5) is 10.1 Å². The van der Waals surface area contributed by atoms with E-state index in [1.54, 1.807) is 0 Å². The van der Waals surface area contributed by atoms with Gasteiger partial charge < -0.3 is 10.1 Å². The number of rotatable bonds is 9. The first-order valence-corrected chi connectivity index (χ1v) is 7.50. The highest BCUT2D eigenvalue weighted by Gasteiger charge is 2.22. The summed E-state index contributed by atoms with van der Waals surface area (Å²) in [4.78, 5) is 9.07. The summed E-state index contributed by atoms with van der Waals surface area (Å²) in [5.41, 5.74) is -0.491. The summed E-state index contributed by atoms with van der Waals surface area (Å²) in [6, 6.07) is 2.35. The molecule has 0 saturated heterocycles. The minimum absolute atomic E-state index is 0.0220. The van der Waals surface area contributed by atoms with Crippen LogP contribution in [0.1, 0.15) is 0 Å². The molecule has 0 atom stereocenters. The van der Waals surface area contributed by atoms with Crippen molar-refractivity contribution in [3.63, 3.8) is 0 Å². The molecule has 0 aliphatic heterocycles. The van der Waals surface area contributed by atoms with E-state index in [1.165, 1.54) is 7.11 Å². The van der Waals surface area contributed by atoms with Crippen LogP contribution in [-0.2, 0) is 14.8 Å². The highest BCUT2D eigenvalue weighted by molar-refractivity contribution is 7.89. The van der Waals surface area contributed by atoms with Crippen LogP contribution in [0.3, 0.4) is 0 Å². The van der Waals surface area contributed by atoms with Gasteiger partial charge in [-0.15, -0.1) is 0 Å². The van der Waals surface area contributed by atoms with Gasteiger partial charge in [0.05, 0.1) is 11.5 Å². The summed E-state index contributed by atoms with van der Waals surface area (Å²) < 4.78 is 44.3. The number of halogens is 1. The Labute approximate surface area is 121 Å². The van der Waals surface area contributed by atoms with Crippen molar-refractivity contribution < 1.29 is 22.5 Å². The average Bonchev–Trinajstić information content (AvgIpc) is 2.42. The van der Waals surface area contributed by atoms with Gasteiger partial charge in [0, 0.05) is 38.9 Å². The van der Waals surface area contributed by atoms with E-state index in [4.69, 9.17) is 4.74 Å². The molecule has 0 aliphatic carbocycles. The van der Waals surface area contributed by atoms with E-state index in [-0.39, 0.29) is 6.54 Å². The Hall–Kier alpha value is -1.62. The number of ether oxygens (including phenoxy) is 1. The number of benzene rings is 1. The van der Waals surface area contributed by atoms with Crippen molar-refractivity contribution in [3.8, 4) is 0 Å². The first kappa shape index (κ1) is 17.4. The van der Waals surface area contributed by atoms with Gasteiger partial charge in [0.2, 0.25) is 10.0 Å². The molecule has 1 aromatic rings. The normalized spacial score (nSPS) is 11.5. The van der Waals surface area contributed by atoms with E-state index in [1.807, 2.05) is 0 Å². The van der Waals surface area contributed by atoms with E-state index in [9.17, 15) is 22.9 Å². The number of hydrogen-bond acceptors (Lipinski definition) is 6. The van der Waals surface area contributed by atoms with Gasteiger partial charge in [-0.25, -0.2) is 17.5 Å². The first-order valence-electron chi connectivity index (χ1n) is 6.01. The summed E-state index contributed by atoms with van der Waals surface area (Å²) in [7, 11) is -2.60. The second-order valence-corrected chi connectivity index (χ2v) is 5.75. The number of hydrogen-bond donors (Lipinski definition) is 2. The van der Waals surface area contributed by atoms with Crippen molar-refractivity contribution in [3.05, 3.63) is 34.1 Å². The number of nitrogens with one attached hydrogen (secondary N) is 2. The Morgan fingerprint density at radius 1 is 1.33 bits per heavy atom. The van der Waals surface area contributed by atoms with E-state index < -0.39 is 31.3 Å². The summed E-state index contributed by atoms with van der Waals surface area (Å²) >= 11 is 0. The van der Waals surface area contributed by atoms with Crippen molar-refractivity contribution in [1.29, 1.82) is 0 Å². The third-order valence-electron chi connectivity index (χ3n) is 2.49. The molecule has 0 bridgehead atoms. The summed E-state index contributed by atoms with van der Waals surface area (Å²) in [5, 5.41) is 13.5. The summed E-state index contributed by atoms with van der Waals surface area (Å²) in [5.74, 6) is -1.04. The van der Waals surface area contributed by atoms with Gasteiger partial charge in [0.1, 0.15) is 10.7 Å². The van der Waals surface area contributed by atoms with Crippen molar-refractivity contribution in [2.24, 2.45) is 0 Å². The monoisotopic (exact) mass is 321 g/mol. The van der Waals surface area contributed by atoms with Crippen LogP contribution in [-0.4, -0.2) is 46.7 Å². The third-order valence-corrected chi connectivity index (χ3v) is 3.97. The molecule has 0 saturated carbocycles. The van der Waals surface area contributed by atoms with Gasteiger partial charge in [0.15, 0.2) is 0 Å². The molecule has 0 aromatic heterocycles. The molecule has 10 heteroatoms. The predicted octanol–water partition coefficient (Wildman–Crippen LogP) is 0.248. The Bertz CT molecular complexity index is 594. The smallest absolute Gasteiger partial charge is 0.270 e. The lowest BCUT2D eigenvalue weighted by Gasteiger charge is -2.08. The number of non-ortho nitro benzene ring substituents is 1. The zero-order chi connectivity index (χ0) is 15.9. The zero-order valence-corrected chi connectivity index (χ0v) is 12.2. The summed E-state index contributed by atoms with van der Waals surface area (Å²) in [6.45, 7) is 1.36. The quantitative estimate of drug-likeness (QED) is 0.383. The maximum atomic E-state index is 13.5. The second kappa shape index (κ2) is 7.98. The number of nitrogens with zero attached hydrogens (tertiary/aromatic N) is 1. The Morgan fingerprint density at radius 2 is 2.05 bits per heavy atom. The molecule has 2 N–H and O–H groups in total. The third kappa shape index (κ3) is 5.34. The molecule has 8 nitrogen and oxygen atoms in total. The van der Waals surface area contributed by atoms with Crippen LogP contribution in [0.5, 0.6) is 0 Å². The number of sulfonamides is 1. The van der Waals surface area contributed by atoms with Crippen LogP contribution in [0.15, 0.2) is 23.1 Å². The van der Waals surface area contributed by atoms with Crippen LogP contribution < -0.4 is 10.0 Å². The van der Waals surface area contributed by atoms with E-state index in [0.717, 1.165) is 12.1 Å². The molecule has 0 radical (unpaired) electrons. The highest BCUT2D eigenvalue weighted by Crippen LogP contribution is 2.20. The molecule has 0 unspecified atom stereocenters. The van der Waals surface area contributed by atoms with Gasteiger partial charge in [-0.2, -0.15) is 0 Å². The predicted molar refractivity (Wildman–Crippen MR) is 73.0 cm³/mol. The molecule has 0 spiro atoms. The molecule has 1 aromatic carbocycles. The molecular weight excluding hydrogens is 305 g/mol. The average molecular weight is 321 g/mol. The molecule has 118 valence electrons. The molecule has 0 amide bonds. The van der Waals surface area contributed by atoms with Gasteiger partial charge in [-0.1, -0.05) is 0 Å². The van der Waals surface area contributed by atoms with E-state index >= 15 is 0 Å². The zero-order valence-electron chi connectivity index (χ0n) is 11.3. The van der Waals surface area contributed by atoms with Crippen molar-refractivity contribution in [1.82, 2.24) is 10.0 Å². The van der Waals surface area contributed by atoms with Gasteiger partial charge >= 0.3 is 0 Å². The van der Waals surface area contributed by atoms with Crippen molar-refractivity contribution >= 4 is 15.7 Å². The highest BCUT2D eigenvalue weighted by atomic mass is 32.2. The molecule has 21 heavy (non-hydrogen) atoms. The molecular formula is C11H16FN3O5S. The maximum Gasteiger partial charge on any atom is 0.270 e. The standard InChI is InChI=1S/C11H16FN3O5S/c1-20-7-6-13-4-5-14-21(18,19)11-8-9(15(16)17)2-3-10(11)12/h2-3,8,13-14H,4-7H2,1H3. The van der Waals surface area contributed by atoms with Gasteiger partial charge in [0.25, 0.3) is 5.69 Å². The fourth-order valence-electron chi connectivity index (χ4n) is 1.46. The van der Waals surface area contributed by atoms with Crippen molar-refractivity contribution in [2.75, 3.05) is 33.4 Å². The molecule has 0 heterocycles. The number of nitro groups is 1. The minimum Gasteiger partial charge on any atom is -0.383 e. The first-order chi connectivity index (χ1) is 9.88. The lowest BCUT2D eigenvalue weighted by molar-refractivity contribution is -0.385. The second-order valence-electron chi connectivity index (χ2n) is 4.01. The number of nitro benzene ring substituents is 1. The largest absolute Gasteiger partial charge is 0.383 e. The topological polar surface area (TPSA) is 111 Å². The van der Waals surface area contributed by atoms with E-state index in [0.29, 0.717) is 25.8 Å². The van der Waals surface area contributed by atoms with Gasteiger partial charge in [-0.3, -0.25) is 10.1 Å². The number of methoxy groups -OCH3 is 1. The molecule has 0 aliphatic rings. The fraction of sp³-hybridized carbons (Fsp3) is 0.455. The summed E-state index contributed by atoms with van der Waals surface area (Å²) in [6.07, 6.45) is 0. The fourth-order valence-corrected chi connectivity index (χ4v) is 2.59. The van der Waals surface area contributed by atoms with Crippen LogP contribution >= 0.6 is 0 Å². The van der Waals surface area contributed by atoms with Crippen LogP contribution in [0.2, 0.25) is 0 Å². The van der Waals surface area contributed by atoms with Crippen molar-refractivity contribution in [2.45, 2.75) is 4.90 Å². The molecule has 1 rings (SSSR count). The van der Waals surface area contributed by atoms with Gasteiger partial charge in [-0.05, 0) is 6.07 Å². The maximum absolute atomic E-state index is 13.5. The lowest BCUT2D eigenvalue weighted by Crippen LogP contribution is -2.33. The van der Waals surface area contributed by atoms with E-state index in [2.05, 4.69) is 10.0 Å². The lowest BCUT2D eigenvalue weighted by atomic mass is 10.3. The Kier molecular flexibility index (Phi) is 6.62. The SMILES string of the molecule is COCCNCCNS(=O)(=O)c1cc([N+](=O)[O-])ccc1F. The van der Waals surface area contributed by atoms with Crippen LogP contribution in [0.25, 0.3) is 0 Å².